The van der Waals surface area contributed by atoms with Crippen molar-refractivity contribution >= 4 is 9.84 Å². The quantitative estimate of drug-likeness (QED) is 0.584. The Balaban J connectivity index is 4.57. The van der Waals surface area contributed by atoms with Gasteiger partial charge >= 0.3 is 5.51 Å². The average Bonchev–Trinajstić information content (AvgIpc) is 1.64. The molecule has 0 aromatic rings. The van der Waals surface area contributed by atoms with Crippen molar-refractivity contribution in [3.63, 3.8) is 0 Å². The minimum absolute atomic E-state index is 1.39. The van der Waals surface area contributed by atoms with E-state index in [1.807, 2.05) is 0 Å². The van der Waals surface area contributed by atoms with Crippen molar-refractivity contribution < 1.29 is 21.6 Å². The molecule has 0 aliphatic carbocycles. The minimum Gasteiger partial charge on any atom is -0.317 e. The van der Waals surface area contributed by atoms with Gasteiger partial charge in [0, 0.05) is 0 Å². The normalized spacial score (nSPS) is 13.8. The molecule has 56 valence electrons. The van der Waals surface area contributed by atoms with Crippen LogP contribution < -0.4 is 5.73 Å². The van der Waals surface area contributed by atoms with Gasteiger partial charge in [0.1, 0.15) is 5.88 Å². The summed E-state index contributed by atoms with van der Waals surface area (Å²) in [5, 5.41) is 0. The van der Waals surface area contributed by atoms with Gasteiger partial charge in [-0.1, -0.05) is 0 Å². The molecule has 0 aliphatic rings. The Bertz CT molecular complexity index is 180. The summed E-state index contributed by atoms with van der Waals surface area (Å²) in [5.41, 5.74) is -0.922. The second-order valence-corrected chi connectivity index (χ2v) is 3.25. The maximum Gasteiger partial charge on any atom is 0.498 e. The number of nitrogens with two attached hydrogens (primary N) is 1. The van der Waals surface area contributed by atoms with E-state index in [0.29, 0.717) is 0 Å². The molecule has 0 radical (unpaired) electrons. The summed E-state index contributed by atoms with van der Waals surface area (Å²) in [5.74, 6) is -1.39. The molecule has 0 saturated heterocycles. The molecule has 0 spiro atoms. The predicted molar refractivity (Wildman–Crippen MR) is 24.0 cm³/mol. The van der Waals surface area contributed by atoms with Gasteiger partial charge in [-0.15, -0.1) is 0 Å². The van der Waals surface area contributed by atoms with Crippen molar-refractivity contribution in [1.29, 1.82) is 0 Å². The molecule has 0 rings (SSSR count). The van der Waals surface area contributed by atoms with Gasteiger partial charge in [-0.25, -0.2) is 8.42 Å². The van der Waals surface area contributed by atoms with Gasteiger partial charge < -0.3 is 5.73 Å². The zero-order valence-electron chi connectivity index (χ0n) is 4.14. The molecule has 9 heavy (non-hydrogen) atoms. The molecule has 0 heterocycles. The van der Waals surface area contributed by atoms with E-state index in [-0.39, 0.29) is 0 Å². The molecular weight excluding hydrogens is 159 g/mol. The summed E-state index contributed by atoms with van der Waals surface area (Å²) >= 11 is 0. The summed E-state index contributed by atoms with van der Waals surface area (Å²) in [7, 11) is -5.06. The topological polar surface area (TPSA) is 60.2 Å². The molecule has 0 unspecified atom stereocenters. The fourth-order valence-electron chi connectivity index (χ4n) is 0.0945. The number of halogens is 3. The van der Waals surface area contributed by atoms with Crippen LogP contribution in [0.4, 0.5) is 13.2 Å². The third kappa shape index (κ3) is 1.83. The smallest absolute Gasteiger partial charge is 0.317 e. The first-order valence-corrected chi connectivity index (χ1v) is 3.45. The Labute approximate surface area is 49.6 Å². The first-order valence-electron chi connectivity index (χ1n) is 1.80. The Morgan fingerprint density at radius 1 is 1.33 bits per heavy atom. The molecule has 0 aromatic carbocycles. The lowest BCUT2D eigenvalue weighted by Crippen LogP contribution is -2.29. The summed E-state index contributed by atoms with van der Waals surface area (Å²) in [6, 6.07) is 0. The van der Waals surface area contributed by atoms with E-state index < -0.39 is 21.2 Å². The first kappa shape index (κ1) is 8.70. The Morgan fingerprint density at radius 2 is 1.67 bits per heavy atom. The highest BCUT2D eigenvalue weighted by Gasteiger charge is 2.44. The van der Waals surface area contributed by atoms with E-state index in [0.717, 1.165) is 0 Å². The predicted octanol–water partition coefficient (Wildman–Crippen LogP) is -0.163. The SMILES string of the molecule is NCS(=O)(=O)C(F)(F)F. The lowest BCUT2D eigenvalue weighted by molar-refractivity contribution is -0.0434. The number of sulfone groups is 1. The number of alkyl halides is 3. The van der Waals surface area contributed by atoms with Gasteiger partial charge in [0.05, 0.1) is 0 Å². The van der Waals surface area contributed by atoms with Crippen molar-refractivity contribution in [3.05, 3.63) is 0 Å². The van der Waals surface area contributed by atoms with Gasteiger partial charge in [-0.3, -0.25) is 0 Å². The summed E-state index contributed by atoms with van der Waals surface area (Å²) in [4.78, 5) is 0. The molecule has 2 N–H and O–H groups in total. The number of hydrogen-bond donors (Lipinski definition) is 1. The number of hydrogen-bond acceptors (Lipinski definition) is 3. The van der Waals surface area contributed by atoms with Crippen LogP contribution in [0.2, 0.25) is 0 Å². The zero-order valence-corrected chi connectivity index (χ0v) is 4.96. The Kier molecular flexibility index (Phi) is 2.07. The van der Waals surface area contributed by atoms with Gasteiger partial charge in [-0.2, -0.15) is 13.2 Å². The van der Waals surface area contributed by atoms with E-state index in [2.05, 4.69) is 5.73 Å². The van der Waals surface area contributed by atoms with Crippen LogP contribution in [0, 0.1) is 0 Å². The van der Waals surface area contributed by atoms with Crippen molar-refractivity contribution in [2.45, 2.75) is 5.51 Å². The first-order chi connectivity index (χ1) is 3.81. The highest BCUT2D eigenvalue weighted by molar-refractivity contribution is 7.92. The molecule has 0 aromatic heterocycles. The second kappa shape index (κ2) is 2.14. The Hall–Kier alpha value is -0.300. The van der Waals surface area contributed by atoms with E-state index in [4.69, 9.17) is 0 Å². The molecule has 0 bridgehead atoms. The monoisotopic (exact) mass is 163 g/mol. The van der Waals surface area contributed by atoms with Crippen LogP contribution in [0.15, 0.2) is 0 Å². The summed E-state index contributed by atoms with van der Waals surface area (Å²) < 4.78 is 53.0. The molecule has 0 aliphatic heterocycles. The van der Waals surface area contributed by atoms with Crippen molar-refractivity contribution in [2.75, 3.05) is 5.88 Å². The molecule has 0 saturated carbocycles. The lowest BCUT2D eigenvalue weighted by Gasteiger charge is -2.02. The van der Waals surface area contributed by atoms with Crippen LogP contribution in [-0.4, -0.2) is 19.8 Å². The average molecular weight is 163 g/mol. The van der Waals surface area contributed by atoms with Crippen LogP contribution in [0.5, 0.6) is 0 Å². The van der Waals surface area contributed by atoms with E-state index >= 15 is 0 Å². The number of rotatable bonds is 1. The summed E-state index contributed by atoms with van der Waals surface area (Å²) in [6.07, 6.45) is 0. The molecule has 0 amide bonds. The van der Waals surface area contributed by atoms with E-state index in [1.54, 1.807) is 0 Å². The molecule has 7 heteroatoms. The molecule has 3 nitrogen and oxygen atoms in total. The van der Waals surface area contributed by atoms with Gasteiger partial charge in [0.2, 0.25) is 0 Å². The van der Waals surface area contributed by atoms with Crippen molar-refractivity contribution in [2.24, 2.45) is 5.73 Å². The fourth-order valence-corrected chi connectivity index (χ4v) is 0.283. The van der Waals surface area contributed by atoms with Crippen molar-refractivity contribution in [3.8, 4) is 0 Å². The largest absolute Gasteiger partial charge is 0.498 e. The third-order valence-corrected chi connectivity index (χ3v) is 1.72. The Morgan fingerprint density at radius 3 is 1.67 bits per heavy atom. The van der Waals surface area contributed by atoms with Crippen LogP contribution in [-0.2, 0) is 9.84 Å². The fraction of sp³-hybridized carbons (Fsp3) is 1.00. The molecule has 0 atom stereocenters. The zero-order chi connectivity index (χ0) is 7.71. The maximum atomic E-state index is 11.2. The highest BCUT2D eigenvalue weighted by Crippen LogP contribution is 2.22. The van der Waals surface area contributed by atoms with E-state index in [1.165, 1.54) is 0 Å². The molecular formula is C2H4F3NO2S. The van der Waals surface area contributed by atoms with Crippen LogP contribution in [0.1, 0.15) is 0 Å². The minimum atomic E-state index is -5.21. The van der Waals surface area contributed by atoms with Gasteiger partial charge in [0.15, 0.2) is 0 Å². The highest BCUT2D eigenvalue weighted by atomic mass is 32.2. The lowest BCUT2D eigenvalue weighted by atomic mass is 11.5. The van der Waals surface area contributed by atoms with Crippen molar-refractivity contribution in [1.82, 2.24) is 0 Å². The van der Waals surface area contributed by atoms with Gasteiger partial charge in [-0.05, 0) is 0 Å². The third-order valence-electron chi connectivity index (χ3n) is 0.572. The van der Waals surface area contributed by atoms with Crippen LogP contribution in [0.25, 0.3) is 0 Å². The maximum absolute atomic E-state index is 11.2. The molecule has 0 fully saturated rings. The van der Waals surface area contributed by atoms with Crippen LogP contribution >= 0.6 is 0 Å². The van der Waals surface area contributed by atoms with E-state index in [9.17, 15) is 21.6 Å². The van der Waals surface area contributed by atoms with Gasteiger partial charge in [0.25, 0.3) is 9.84 Å². The summed E-state index contributed by atoms with van der Waals surface area (Å²) in [6.45, 7) is 0. The van der Waals surface area contributed by atoms with Crippen LogP contribution in [0.3, 0.4) is 0 Å². The standard InChI is InChI=1S/C2H4F3NO2S/c3-2(4,5)9(7,8)1-6/h1,6H2. The second-order valence-electron chi connectivity index (χ2n) is 1.23.